The zero-order chi connectivity index (χ0) is 23.8. The summed E-state index contributed by atoms with van der Waals surface area (Å²) in [4.78, 5) is 26.5. The third-order valence-electron chi connectivity index (χ3n) is 5.07. The number of benzene rings is 2. The number of ether oxygens (including phenoxy) is 2. The minimum Gasteiger partial charge on any atom is -0.495 e. The molecule has 2 aromatic rings. The first kappa shape index (κ1) is 24.6. The lowest BCUT2D eigenvalue weighted by Crippen LogP contribution is -2.46. The first-order chi connectivity index (χ1) is 15.8. The van der Waals surface area contributed by atoms with Crippen LogP contribution in [0.4, 0.5) is 10.1 Å². The maximum atomic E-state index is 13.1. The number of rotatable bonds is 10. The fourth-order valence-corrected chi connectivity index (χ4v) is 4.32. The van der Waals surface area contributed by atoms with E-state index in [0.29, 0.717) is 24.6 Å². The number of nitrogens with one attached hydrogen (secondary N) is 2. The molecule has 1 aliphatic heterocycles. The highest BCUT2D eigenvalue weighted by Crippen LogP contribution is 2.27. The van der Waals surface area contributed by atoms with Gasteiger partial charge in [-0.15, -0.1) is 0 Å². The van der Waals surface area contributed by atoms with E-state index in [-0.39, 0.29) is 17.5 Å². The molecule has 3 rings (SSSR count). The molecule has 0 aliphatic carbocycles. The summed E-state index contributed by atoms with van der Waals surface area (Å²) in [6, 6.07) is 10.8. The first-order valence-electron chi connectivity index (χ1n) is 10.4. The van der Waals surface area contributed by atoms with E-state index in [1.807, 2.05) is 0 Å². The van der Waals surface area contributed by atoms with Gasteiger partial charge >= 0.3 is 0 Å². The van der Waals surface area contributed by atoms with Crippen LogP contribution in [0.3, 0.4) is 0 Å². The molecule has 11 heteroatoms. The van der Waals surface area contributed by atoms with E-state index in [1.165, 1.54) is 7.11 Å². The van der Waals surface area contributed by atoms with E-state index < -0.39 is 34.2 Å². The predicted molar refractivity (Wildman–Crippen MR) is 119 cm³/mol. The molecule has 0 spiro atoms. The minimum atomic E-state index is -4.07. The molecule has 0 bridgehead atoms. The Morgan fingerprint density at radius 3 is 2.58 bits per heavy atom. The van der Waals surface area contributed by atoms with E-state index in [4.69, 9.17) is 9.47 Å². The van der Waals surface area contributed by atoms with E-state index in [9.17, 15) is 22.4 Å². The standard InChI is InChI=1S/C22H26FN3O6S/c1-31-20-7-3-2-6-19(20)26(15-21(27)24-13-17-5-4-12-32-17)22(28)14-25-33(29,30)18-10-8-16(23)9-11-18/h2-3,6-11,17,25H,4-5,12-15H2,1H3,(H,24,27). The molecule has 1 heterocycles. The second kappa shape index (κ2) is 11.2. The Hall–Kier alpha value is -3.02. The minimum absolute atomic E-state index is 0.0631. The number of halogens is 1. The molecule has 0 radical (unpaired) electrons. The number of anilines is 1. The SMILES string of the molecule is COc1ccccc1N(CC(=O)NCC1CCCO1)C(=O)CNS(=O)(=O)c1ccc(F)cc1. The largest absolute Gasteiger partial charge is 0.495 e. The molecule has 2 aromatic carbocycles. The zero-order valence-corrected chi connectivity index (χ0v) is 18.9. The summed E-state index contributed by atoms with van der Waals surface area (Å²) in [6.45, 7) is 0.0194. The average molecular weight is 480 g/mol. The molecule has 0 saturated carbocycles. The van der Waals surface area contributed by atoms with E-state index >= 15 is 0 Å². The van der Waals surface area contributed by atoms with Crippen molar-refractivity contribution in [2.45, 2.75) is 23.8 Å². The lowest BCUT2D eigenvalue weighted by atomic mass is 10.2. The second-order valence-corrected chi connectivity index (χ2v) is 9.14. The summed E-state index contributed by atoms with van der Waals surface area (Å²) < 4.78 is 51.1. The molecule has 178 valence electrons. The summed E-state index contributed by atoms with van der Waals surface area (Å²) in [6.07, 6.45) is 1.72. The average Bonchev–Trinajstić information content (AvgIpc) is 3.34. The highest BCUT2D eigenvalue weighted by molar-refractivity contribution is 7.89. The van der Waals surface area contributed by atoms with Crippen molar-refractivity contribution in [1.82, 2.24) is 10.0 Å². The van der Waals surface area contributed by atoms with Gasteiger partial charge < -0.3 is 14.8 Å². The molecule has 1 fully saturated rings. The second-order valence-electron chi connectivity index (χ2n) is 7.37. The molecular weight excluding hydrogens is 453 g/mol. The molecule has 1 atom stereocenters. The highest BCUT2D eigenvalue weighted by atomic mass is 32.2. The molecule has 9 nitrogen and oxygen atoms in total. The van der Waals surface area contributed by atoms with Crippen LogP contribution < -0.4 is 19.7 Å². The van der Waals surface area contributed by atoms with Crippen molar-refractivity contribution in [1.29, 1.82) is 0 Å². The van der Waals surface area contributed by atoms with Gasteiger partial charge in [-0.25, -0.2) is 17.5 Å². The molecule has 1 aliphatic rings. The normalized spacial score (nSPS) is 15.8. The van der Waals surface area contributed by atoms with Crippen LogP contribution in [0.15, 0.2) is 53.4 Å². The number of sulfonamides is 1. The van der Waals surface area contributed by atoms with E-state index in [1.54, 1.807) is 24.3 Å². The van der Waals surface area contributed by atoms with Crippen molar-refractivity contribution < 1.29 is 31.9 Å². The summed E-state index contributed by atoms with van der Waals surface area (Å²) in [5, 5.41) is 2.75. The van der Waals surface area contributed by atoms with Gasteiger partial charge in [-0.2, -0.15) is 0 Å². The maximum absolute atomic E-state index is 13.1. The zero-order valence-electron chi connectivity index (χ0n) is 18.1. The number of nitrogens with zero attached hydrogens (tertiary/aromatic N) is 1. The number of methoxy groups -OCH3 is 1. The van der Waals surface area contributed by atoms with E-state index in [0.717, 1.165) is 42.0 Å². The Labute approximate surface area is 191 Å². The molecule has 33 heavy (non-hydrogen) atoms. The monoisotopic (exact) mass is 479 g/mol. The number of amides is 2. The molecule has 2 amide bonds. The quantitative estimate of drug-likeness (QED) is 0.533. The van der Waals surface area contributed by atoms with Crippen LogP contribution in [0.5, 0.6) is 5.75 Å². The third-order valence-corrected chi connectivity index (χ3v) is 6.48. The lowest BCUT2D eigenvalue weighted by molar-refractivity contribution is -0.123. The van der Waals surface area contributed by atoms with Crippen LogP contribution in [-0.4, -0.2) is 59.7 Å². The Morgan fingerprint density at radius 2 is 1.91 bits per heavy atom. The van der Waals surface area contributed by atoms with Gasteiger partial charge in [0.1, 0.15) is 18.1 Å². The van der Waals surface area contributed by atoms with Gasteiger partial charge in [0.2, 0.25) is 21.8 Å². The smallest absolute Gasteiger partial charge is 0.242 e. The van der Waals surface area contributed by atoms with Gasteiger partial charge in [0.05, 0.1) is 30.3 Å². The van der Waals surface area contributed by atoms with Crippen LogP contribution in [0.1, 0.15) is 12.8 Å². The fourth-order valence-electron chi connectivity index (χ4n) is 3.34. The van der Waals surface area contributed by atoms with Crippen molar-refractivity contribution in [3.8, 4) is 5.75 Å². The van der Waals surface area contributed by atoms with Crippen LogP contribution in [0, 0.1) is 5.82 Å². The maximum Gasteiger partial charge on any atom is 0.242 e. The van der Waals surface area contributed by atoms with Gasteiger partial charge in [-0.1, -0.05) is 12.1 Å². The van der Waals surface area contributed by atoms with Gasteiger partial charge in [-0.05, 0) is 49.2 Å². The number of hydrogen-bond donors (Lipinski definition) is 2. The number of hydrogen-bond acceptors (Lipinski definition) is 6. The van der Waals surface area contributed by atoms with E-state index in [2.05, 4.69) is 10.0 Å². The molecular formula is C22H26FN3O6S. The molecule has 2 N–H and O–H groups in total. The number of para-hydroxylation sites is 2. The van der Waals surface area contributed by atoms with Crippen LogP contribution >= 0.6 is 0 Å². The molecule has 1 saturated heterocycles. The van der Waals surface area contributed by atoms with Crippen LogP contribution in [0.25, 0.3) is 0 Å². The Morgan fingerprint density at radius 1 is 1.18 bits per heavy atom. The number of carbonyl (C=O) groups excluding carboxylic acids is 2. The van der Waals surface area contributed by atoms with Crippen molar-refractivity contribution in [3.05, 3.63) is 54.3 Å². The van der Waals surface area contributed by atoms with Crippen molar-refractivity contribution >= 4 is 27.5 Å². The van der Waals surface area contributed by atoms with Crippen LogP contribution in [0.2, 0.25) is 0 Å². The lowest BCUT2D eigenvalue weighted by Gasteiger charge is -2.24. The Bertz CT molecular complexity index is 1070. The topological polar surface area (TPSA) is 114 Å². The summed E-state index contributed by atoms with van der Waals surface area (Å²) >= 11 is 0. The summed E-state index contributed by atoms with van der Waals surface area (Å²) in [5.41, 5.74) is 0.318. The van der Waals surface area contributed by atoms with Crippen molar-refractivity contribution in [2.75, 3.05) is 38.3 Å². The molecule has 1 unspecified atom stereocenters. The fraction of sp³-hybridized carbons (Fsp3) is 0.364. The van der Waals surface area contributed by atoms with Crippen molar-refractivity contribution in [3.63, 3.8) is 0 Å². The number of carbonyl (C=O) groups is 2. The van der Waals surface area contributed by atoms with Gasteiger partial charge in [0.15, 0.2) is 0 Å². The summed E-state index contributed by atoms with van der Waals surface area (Å²) in [5.74, 6) is -1.33. The first-order valence-corrected chi connectivity index (χ1v) is 11.9. The van der Waals surface area contributed by atoms with Gasteiger partial charge in [-0.3, -0.25) is 14.5 Å². The Balaban J connectivity index is 1.72. The third kappa shape index (κ3) is 6.73. The highest BCUT2D eigenvalue weighted by Gasteiger charge is 2.25. The molecule has 0 aromatic heterocycles. The van der Waals surface area contributed by atoms with Crippen LogP contribution in [-0.2, 0) is 24.3 Å². The van der Waals surface area contributed by atoms with Crippen molar-refractivity contribution in [2.24, 2.45) is 0 Å². The van der Waals surface area contributed by atoms with Gasteiger partial charge in [0.25, 0.3) is 0 Å². The Kier molecular flexibility index (Phi) is 8.37. The predicted octanol–water partition coefficient (Wildman–Crippen LogP) is 1.44. The van der Waals surface area contributed by atoms with Gasteiger partial charge in [0, 0.05) is 13.2 Å². The summed E-state index contributed by atoms with van der Waals surface area (Å²) in [7, 11) is -2.64.